The Kier molecular flexibility index (Phi) is 6.80. The number of nitrogens with zero attached hydrogens (tertiary/aromatic N) is 1. The lowest BCUT2D eigenvalue weighted by Crippen LogP contribution is -2.41. The van der Waals surface area contributed by atoms with Crippen molar-refractivity contribution in [1.82, 2.24) is 5.32 Å². The van der Waals surface area contributed by atoms with E-state index >= 15 is 0 Å². The molecule has 3 aromatic rings. The second kappa shape index (κ2) is 9.32. The number of hydrogen-bond acceptors (Lipinski definition) is 3. The summed E-state index contributed by atoms with van der Waals surface area (Å²) in [6.45, 7) is 3.27. The number of amides is 1. The number of benzene rings is 3. The maximum atomic E-state index is 13.4. The van der Waals surface area contributed by atoms with E-state index in [9.17, 15) is 13.2 Å². The molecule has 0 fully saturated rings. The molecule has 0 aliphatic heterocycles. The zero-order valence-corrected chi connectivity index (χ0v) is 18.3. The highest BCUT2D eigenvalue weighted by molar-refractivity contribution is 7.92. The Bertz CT molecular complexity index is 1120. The van der Waals surface area contributed by atoms with E-state index in [-0.39, 0.29) is 17.5 Å². The summed E-state index contributed by atoms with van der Waals surface area (Å²) in [5, 5.41) is 3.27. The number of sulfonamides is 1. The van der Waals surface area contributed by atoms with Gasteiger partial charge < -0.3 is 5.32 Å². The summed E-state index contributed by atoms with van der Waals surface area (Å²) in [5.41, 5.74) is 2.00. The van der Waals surface area contributed by atoms with Gasteiger partial charge in [-0.05, 0) is 49.2 Å². The van der Waals surface area contributed by atoms with E-state index in [1.807, 2.05) is 37.3 Å². The van der Waals surface area contributed by atoms with Crippen molar-refractivity contribution in [2.75, 3.05) is 10.8 Å². The Labute approximate surface area is 182 Å². The van der Waals surface area contributed by atoms with E-state index in [0.717, 1.165) is 9.87 Å². The average Bonchev–Trinajstić information content (AvgIpc) is 2.75. The molecular formula is C23H23ClN2O3S. The topological polar surface area (TPSA) is 66.5 Å². The van der Waals surface area contributed by atoms with Crippen LogP contribution in [0, 0.1) is 6.92 Å². The van der Waals surface area contributed by atoms with Gasteiger partial charge in [-0.15, -0.1) is 0 Å². The Balaban J connectivity index is 1.94. The molecule has 5 nitrogen and oxygen atoms in total. The minimum absolute atomic E-state index is 0.105. The van der Waals surface area contributed by atoms with Gasteiger partial charge >= 0.3 is 0 Å². The van der Waals surface area contributed by atoms with Gasteiger partial charge in [0, 0.05) is 5.02 Å². The van der Waals surface area contributed by atoms with E-state index < -0.39 is 15.9 Å². The van der Waals surface area contributed by atoms with Gasteiger partial charge in [0.25, 0.3) is 10.0 Å². The number of nitrogens with one attached hydrogen (secondary N) is 1. The van der Waals surface area contributed by atoms with E-state index in [4.69, 9.17) is 11.6 Å². The Hall–Kier alpha value is -2.83. The van der Waals surface area contributed by atoms with E-state index in [1.165, 1.54) is 12.1 Å². The molecule has 1 atom stereocenters. The van der Waals surface area contributed by atoms with Gasteiger partial charge in [-0.1, -0.05) is 66.2 Å². The lowest BCUT2D eigenvalue weighted by Gasteiger charge is -2.26. The molecule has 0 heterocycles. The van der Waals surface area contributed by atoms with Crippen molar-refractivity contribution in [3.8, 4) is 0 Å². The fourth-order valence-corrected chi connectivity index (χ4v) is 4.78. The van der Waals surface area contributed by atoms with Crippen LogP contribution in [0.3, 0.4) is 0 Å². The Morgan fingerprint density at radius 2 is 1.60 bits per heavy atom. The maximum absolute atomic E-state index is 13.4. The average molecular weight is 443 g/mol. The molecule has 0 aliphatic carbocycles. The highest BCUT2D eigenvalue weighted by Gasteiger charge is 2.28. The van der Waals surface area contributed by atoms with Gasteiger partial charge in [-0.2, -0.15) is 0 Å². The van der Waals surface area contributed by atoms with Crippen LogP contribution >= 0.6 is 11.6 Å². The Morgan fingerprint density at radius 3 is 2.23 bits per heavy atom. The van der Waals surface area contributed by atoms with Crippen molar-refractivity contribution in [2.45, 2.75) is 24.8 Å². The summed E-state index contributed by atoms with van der Waals surface area (Å²) in [6.07, 6.45) is 0. The van der Waals surface area contributed by atoms with Crippen LogP contribution in [0.15, 0.2) is 83.8 Å². The molecule has 3 aromatic carbocycles. The van der Waals surface area contributed by atoms with Gasteiger partial charge in [0.05, 0.1) is 16.6 Å². The number of halogens is 1. The molecule has 7 heteroatoms. The van der Waals surface area contributed by atoms with Crippen molar-refractivity contribution >= 4 is 33.2 Å². The van der Waals surface area contributed by atoms with E-state index in [1.54, 1.807) is 43.3 Å². The largest absolute Gasteiger partial charge is 0.348 e. The maximum Gasteiger partial charge on any atom is 0.264 e. The van der Waals surface area contributed by atoms with Crippen LogP contribution < -0.4 is 9.62 Å². The van der Waals surface area contributed by atoms with Crippen molar-refractivity contribution in [2.24, 2.45) is 0 Å². The number of hydrogen-bond donors (Lipinski definition) is 1. The third kappa shape index (κ3) is 5.01. The molecule has 3 rings (SSSR count). The molecule has 0 saturated carbocycles. The summed E-state index contributed by atoms with van der Waals surface area (Å²) in [5.74, 6) is -0.412. The van der Waals surface area contributed by atoms with Crippen molar-refractivity contribution in [3.05, 3.63) is 95.0 Å². The zero-order valence-electron chi connectivity index (χ0n) is 16.7. The number of carbonyl (C=O) groups is 1. The third-order valence-electron chi connectivity index (χ3n) is 4.74. The van der Waals surface area contributed by atoms with E-state index in [2.05, 4.69) is 5.32 Å². The monoisotopic (exact) mass is 442 g/mol. The minimum atomic E-state index is -3.98. The Morgan fingerprint density at radius 1 is 1.00 bits per heavy atom. The van der Waals surface area contributed by atoms with Gasteiger partial charge in [-0.25, -0.2) is 8.42 Å². The first-order valence-electron chi connectivity index (χ1n) is 9.47. The molecule has 1 amide bonds. The lowest BCUT2D eigenvalue weighted by atomic mass is 10.1. The van der Waals surface area contributed by atoms with Gasteiger partial charge in [-0.3, -0.25) is 9.10 Å². The molecule has 1 N–H and O–H groups in total. The second-order valence-electron chi connectivity index (χ2n) is 6.96. The fourth-order valence-electron chi connectivity index (χ4n) is 3.11. The number of carbonyl (C=O) groups excluding carboxylic acids is 1. The molecule has 0 spiro atoms. The van der Waals surface area contributed by atoms with Crippen molar-refractivity contribution in [1.29, 1.82) is 0 Å². The number of anilines is 1. The predicted octanol–water partition coefficient (Wildman–Crippen LogP) is 4.72. The first kappa shape index (κ1) is 21.9. The van der Waals surface area contributed by atoms with Crippen LogP contribution in [0.25, 0.3) is 0 Å². The summed E-state index contributed by atoms with van der Waals surface area (Å²) < 4.78 is 27.9. The molecule has 0 bridgehead atoms. The highest BCUT2D eigenvalue weighted by Crippen LogP contribution is 2.29. The van der Waals surface area contributed by atoms with Crippen molar-refractivity contribution in [3.63, 3.8) is 0 Å². The second-order valence-corrected chi connectivity index (χ2v) is 9.25. The van der Waals surface area contributed by atoms with Crippen molar-refractivity contribution < 1.29 is 13.2 Å². The molecule has 30 heavy (non-hydrogen) atoms. The zero-order chi connectivity index (χ0) is 21.7. The smallest absolute Gasteiger partial charge is 0.264 e. The van der Waals surface area contributed by atoms with Crippen LogP contribution in [-0.2, 0) is 14.8 Å². The molecule has 0 unspecified atom stereocenters. The highest BCUT2D eigenvalue weighted by atomic mass is 35.5. The molecule has 0 radical (unpaired) electrons. The molecule has 0 aromatic heterocycles. The predicted molar refractivity (Wildman–Crippen MR) is 120 cm³/mol. The number of rotatable bonds is 7. The summed E-state index contributed by atoms with van der Waals surface area (Å²) in [7, 11) is -3.98. The quantitative estimate of drug-likeness (QED) is 0.575. The van der Waals surface area contributed by atoms with Crippen LogP contribution in [0.5, 0.6) is 0 Å². The summed E-state index contributed by atoms with van der Waals surface area (Å²) >= 11 is 6.14. The first-order chi connectivity index (χ1) is 14.3. The molecule has 156 valence electrons. The first-order valence-corrected chi connectivity index (χ1v) is 11.3. The fraction of sp³-hybridized carbons (Fsp3) is 0.174. The van der Waals surface area contributed by atoms with Crippen LogP contribution in [0.1, 0.15) is 24.1 Å². The van der Waals surface area contributed by atoms with Crippen LogP contribution in [0.4, 0.5) is 5.69 Å². The van der Waals surface area contributed by atoms with Crippen LogP contribution in [-0.4, -0.2) is 20.9 Å². The molecular weight excluding hydrogens is 420 g/mol. The summed E-state index contributed by atoms with van der Waals surface area (Å²) in [4.78, 5) is 12.9. The SMILES string of the molecule is Cc1ccc(Cl)cc1N(CC(=O)N[C@@H](C)c1ccccc1)S(=O)(=O)c1ccccc1. The van der Waals surface area contributed by atoms with Gasteiger partial charge in [0.1, 0.15) is 6.54 Å². The van der Waals surface area contributed by atoms with E-state index in [0.29, 0.717) is 16.3 Å². The van der Waals surface area contributed by atoms with Gasteiger partial charge in [0.15, 0.2) is 0 Å². The lowest BCUT2D eigenvalue weighted by molar-refractivity contribution is -0.120. The molecule has 0 saturated heterocycles. The minimum Gasteiger partial charge on any atom is -0.348 e. The standard InChI is InChI=1S/C23H23ClN2O3S/c1-17-13-14-20(24)15-22(17)26(30(28,29)21-11-7-4-8-12-21)16-23(27)25-18(2)19-9-5-3-6-10-19/h3-15,18H,16H2,1-2H3,(H,25,27)/t18-/m0/s1. The molecule has 0 aliphatic rings. The van der Waals surface area contributed by atoms with Gasteiger partial charge in [0.2, 0.25) is 5.91 Å². The third-order valence-corrected chi connectivity index (χ3v) is 6.74. The summed E-state index contributed by atoms with van der Waals surface area (Å²) in [6, 6.07) is 22.2. The number of aryl methyl sites for hydroxylation is 1. The normalized spacial score (nSPS) is 12.2. The van der Waals surface area contributed by atoms with Crippen LogP contribution in [0.2, 0.25) is 5.02 Å².